The molecule has 2 fully saturated rings. The molecule has 0 aliphatic carbocycles. The Morgan fingerprint density at radius 1 is 1.25 bits per heavy atom. The first-order chi connectivity index (χ1) is 13.3. The normalized spacial score (nSPS) is 21.1. The van der Waals surface area contributed by atoms with Crippen LogP contribution in [0.15, 0.2) is 29.4 Å². The van der Waals surface area contributed by atoms with Crippen LogP contribution in [-0.4, -0.2) is 89.4 Å². The second-order valence-electron chi connectivity index (χ2n) is 7.16. The molecule has 4 rings (SSSR count). The minimum absolute atomic E-state index is 0. The van der Waals surface area contributed by atoms with Crippen LogP contribution in [0.4, 0.5) is 0 Å². The number of nitrogens with zero attached hydrogens (tertiary/aromatic N) is 6. The van der Waals surface area contributed by atoms with Crippen LogP contribution >= 0.6 is 24.0 Å². The van der Waals surface area contributed by atoms with E-state index in [-0.39, 0.29) is 24.0 Å². The van der Waals surface area contributed by atoms with E-state index in [1.807, 2.05) is 31.4 Å². The lowest BCUT2D eigenvalue weighted by Gasteiger charge is -2.32. The second kappa shape index (κ2) is 10.4. The lowest BCUT2D eigenvalue weighted by Crippen LogP contribution is -2.46. The number of guanidine groups is 1. The van der Waals surface area contributed by atoms with Crippen LogP contribution in [0.1, 0.15) is 18.7 Å². The van der Waals surface area contributed by atoms with Crippen LogP contribution in [0.5, 0.6) is 0 Å². The van der Waals surface area contributed by atoms with E-state index in [1.54, 1.807) is 0 Å². The zero-order valence-corrected chi connectivity index (χ0v) is 18.8. The molecule has 2 aliphatic heterocycles. The number of ether oxygens (including phenoxy) is 1. The highest BCUT2D eigenvalue weighted by molar-refractivity contribution is 14.0. The topological polar surface area (TPSA) is 70.3 Å². The molecule has 4 heterocycles. The van der Waals surface area contributed by atoms with E-state index < -0.39 is 0 Å². The number of hydrogen-bond acceptors (Lipinski definition) is 5. The second-order valence-corrected chi connectivity index (χ2v) is 7.16. The third-order valence-electron chi connectivity index (χ3n) is 5.48. The summed E-state index contributed by atoms with van der Waals surface area (Å²) in [5.74, 6) is 2.02. The molecule has 2 aromatic rings. The van der Waals surface area contributed by atoms with Crippen molar-refractivity contribution in [2.75, 3.05) is 53.0 Å². The van der Waals surface area contributed by atoms with Gasteiger partial charge in [0.1, 0.15) is 5.82 Å². The van der Waals surface area contributed by atoms with Crippen molar-refractivity contribution < 1.29 is 4.74 Å². The first-order valence-corrected chi connectivity index (χ1v) is 9.91. The number of nitrogens with one attached hydrogen (secondary N) is 1. The van der Waals surface area contributed by atoms with E-state index in [1.165, 1.54) is 6.42 Å². The number of aromatic nitrogens is 3. The zero-order valence-electron chi connectivity index (χ0n) is 16.5. The molecule has 2 aliphatic rings. The van der Waals surface area contributed by atoms with E-state index in [0.717, 1.165) is 76.2 Å². The summed E-state index contributed by atoms with van der Waals surface area (Å²) in [7, 11) is 1.87. The Labute approximate surface area is 183 Å². The molecular formula is C19H30IN7O. The summed E-state index contributed by atoms with van der Waals surface area (Å²) in [4.78, 5) is 9.43. The van der Waals surface area contributed by atoms with Gasteiger partial charge in [0, 0.05) is 58.4 Å². The Morgan fingerprint density at radius 3 is 2.93 bits per heavy atom. The highest BCUT2D eigenvalue weighted by Crippen LogP contribution is 2.17. The monoisotopic (exact) mass is 499 g/mol. The van der Waals surface area contributed by atoms with Gasteiger partial charge in [-0.15, -0.1) is 34.2 Å². The molecule has 8 nitrogen and oxygen atoms in total. The predicted molar refractivity (Wildman–Crippen MR) is 120 cm³/mol. The fourth-order valence-corrected chi connectivity index (χ4v) is 4.02. The van der Waals surface area contributed by atoms with Gasteiger partial charge >= 0.3 is 0 Å². The lowest BCUT2D eigenvalue weighted by molar-refractivity contribution is 0.0195. The summed E-state index contributed by atoms with van der Waals surface area (Å²) < 4.78 is 7.53. The van der Waals surface area contributed by atoms with Crippen molar-refractivity contribution in [2.24, 2.45) is 4.99 Å². The Balaban J connectivity index is 0.00000225. The largest absolute Gasteiger partial charge is 0.379 e. The van der Waals surface area contributed by atoms with Crippen molar-refractivity contribution in [1.29, 1.82) is 0 Å². The van der Waals surface area contributed by atoms with Crippen molar-refractivity contribution in [3.63, 3.8) is 0 Å². The van der Waals surface area contributed by atoms with Crippen molar-refractivity contribution >= 4 is 35.6 Å². The number of fused-ring (bicyclic) bond motifs is 1. The summed E-state index contributed by atoms with van der Waals surface area (Å²) >= 11 is 0. The predicted octanol–water partition coefficient (Wildman–Crippen LogP) is 1.26. The Morgan fingerprint density at radius 2 is 2.11 bits per heavy atom. The Hall–Kier alpha value is -1.46. The van der Waals surface area contributed by atoms with Gasteiger partial charge in [0.25, 0.3) is 0 Å². The zero-order chi connectivity index (χ0) is 18.5. The van der Waals surface area contributed by atoms with Crippen LogP contribution < -0.4 is 5.32 Å². The number of pyridine rings is 1. The maximum Gasteiger partial charge on any atom is 0.193 e. The SMILES string of the molecule is CN=C(NCCCc1nnc2ccccn12)N1CCC(N2CCOCC2)C1.I. The minimum Gasteiger partial charge on any atom is -0.379 e. The Bertz CT molecular complexity index is 774. The van der Waals surface area contributed by atoms with Crippen molar-refractivity contribution in [2.45, 2.75) is 25.3 Å². The first-order valence-electron chi connectivity index (χ1n) is 9.91. The highest BCUT2D eigenvalue weighted by atomic mass is 127. The summed E-state index contributed by atoms with van der Waals surface area (Å²) in [6.45, 7) is 6.83. The third-order valence-corrected chi connectivity index (χ3v) is 5.48. The van der Waals surface area contributed by atoms with Gasteiger partial charge in [-0.05, 0) is 25.0 Å². The molecule has 0 bridgehead atoms. The number of morpholine rings is 1. The van der Waals surface area contributed by atoms with Crippen molar-refractivity contribution in [1.82, 2.24) is 29.7 Å². The maximum atomic E-state index is 5.47. The molecule has 0 amide bonds. The summed E-state index contributed by atoms with van der Waals surface area (Å²) in [5, 5.41) is 12.0. The van der Waals surface area contributed by atoms with Crippen LogP contribution in [-0.2, 0) is 11.2 Å². The highest BCUT2D eigenvalue weighted by Gasteiger charge is 2.30. The van der Waals surface area contributed by atoms with E-state index in [9.17, 15) is 0 Å². The van der Waals surface area contributed by atoms with Gasteiger partial charge in [-0.1, -0.05) is 6.07 Å². The molecule has 0 radical (unpaired) electrons. The quantitative estimate of drug-likeness (QED) is 0.289. The molecule has 1 unspecified atom stereocenters. The standard InChI is InChI=1S/C19H29N7O.HI/c1-20-19(25-10-7-16(15-25)24-11-13-27-14-12-24)21-8-4-6-18-23-22-17-5-2-3-9-26(17)18;/h2-3,5,9,16H,4,6-8,10-15H2,1H3,(H,20,21);1H. The van der Waals surface area contributed by atoms with Gasteiger partial charge in [0.2, 0.25) is 0 Å². The fourth-order valence-electron chi connectivity index (χ4n) is 4.02. The number of likely N-dealkylation sites (tertiary alicyclic amines) is 1. The summed E-state index contributed by atoms with van der Waals surface area (Å²) in [6.07, 6.45) is 5.11. The third kappa shape index (κ3) is 4.93. The Kier molecular flexibility index (Phi) is 7.86. The van der Waals surface area contributed by atoms with E-state index in [0.29, 0.717) is 6.04 Å². The van der Waals surface area contributed by atoms with Gasteiger partial charge in [0.15, 0.2) is 11.6 Å². The maximum absolute atomic E-state index is 5.47. The van der Waals surface area contributed by atoms with Crippen LogP contribution in [0.25, 0.3) is 5.65 Å². The number of halogens is 1. The smallest absolute Gasteiger partial charge is 0.193 e. The van der Waals surface area contributed by atoms with E-state index >= 15 is 0 Å². The number of rotatable bonds is 5. The molecule has 2 saturated heterocycles. The number of aryl methyl sites for hydroxylation is 1. The molecule has 9 heteroatoms. The van der Waals surface area contributed by atoms with Gasteiger partial charge in [-0.25, -0.2) is 0 Å². The molecule has 2 aromatic heterocycles. The van der Waals surface area contributed by atoms with E-state index in [2.05, 4.69) is 34.7 Å². The number of aliphatic imine (C=N–C) groups is 1. The molecular weight excluding hydrogens is 469 g/mol. The molecule has 1 N–H and O–H groups in total. The fraction of sp³-hybridized carbons (Fsp3) is 0.632. The minimum atomic E-state index is 0. The number of hydrogen-bond donors (Lipinski definition) is 1. The molecule has 0 saturated carbocycles. The average molecular weight is 499 g/mol. The lowest BCUT2D eigenvalue weighted by atomic mass is 10.2. The van der Waals surface area contributed by atoms with Crippen LogP contribution in [0, 0.1) is 0 Å². The molecule has 1 atom stereocenters. The summed E-state index contributed by atoms with van der Waals surface area (Å²) in [5.41, 5.74) is 0.905. The van der Waals surface area contributed by atoms with Gasteiger partial charge in [-0.3, -0.25) is 14.3 Å². The van der Waals surface area contributed by atoms with Crippen molar-refractivity contribution in [3.8, 4) is 0 Å². The summed E-state index contributed by atoms with van der Waals surface area (Å²) in [6, 6.07) is 6.60. The van der Waals surface area contributed by atoms with Crippen molar-refractivity contribution in [3.05, 3.63) is 30.2 Å². The molecule has 0 aromatic carbocycles. The van der Waals surface area contributed by atoms with Gasteiger partial charge in [0.05, 0.1) is 13.2 Å². The molecule has 28 heavy (non-hydrogen) atoms. The van der Waals surface area contributed by atoms with Crippen LogP contribution in [0.3, 0.4) is 0 Å². The average Bonchev–Trinajstić information content (AvgIpc) is 3.36. The van der Waals surface area contributed by atoms with E-state index in [4.69, 9.17) is 4.74 Å². The van der Waals surface area contributed by atoms with Crippen LogP contribution in [0.2, 0.25) is 0 Å². The molecule has 0 spiro atoms. The van der Waals surface area contributed by atoms with Gasteiger partial charge < -0.3 is 15.0 Å². The molecule has 154 valence electrons. The first kappa shape index (κ1) is 21.3. The van der Waals surface area contributed by atoms with Gasteiger partial charge in [-0.2, -0.15) is 0 Å².